The fraction of sp³-hybridized carbons (Fsp3) is 0.235. The summed E-state index contributed by atoms with van der Waals surface area (Å²) in [6, 6.07) is 15.8. The lowest BCUT2D eigenvalue weighted by molar-refractivity contribution is -0.132. The molecule has 102 valence electrons. The van der Waals surface area contributed by atoms with Gasteiger partial charge in [-0.2, -0.15) is 0 Å². The van der Waals surface area contributed by atoms with E-state index in [0.717, 1.165) is 17.7 Å². The van der Waals surface area contributed by atoms with Crippen molar-refractivity contribution in [1.29, 1.82) is 0 Å². The number of nitrogen functional groups attached to an aromatic ring is 1. The van der Waals surface area contributed by atoms with Gasteiger partial charge >= 0.3 is 0 Å². The van der Waals surface area contributed by atoms with E-state index in [2.05, 4.69) is 6.07 Å². The highest BCUT2D eigenvalue weighted by Gasteiger charge is 2.33. The molecule has 0 radical (unpaired) electrons. The molecule has 2 aromatic carbocycles. The molecule has 3 nitrogen and oxygen atoms in total. The number of carbonyl (C=O) groups is 1. The lowest BCUT2D eigenvalue weighted by Gasteiger charge is -2.32. The molecule has 2 aromatic rings. The molecule has 1 aliphatic rings. The Morgan fingerprint density at radius 2 is 1.90 bits per heavy atom. The number of para-hydroxylation sites is 1. The normalized spacial score (nSPS) is 16.1. The molecule has 20 heavy (non-hydrogen) atoms. The zero-order chi connectivity index (χ0) is 14.1. The summed E-state index contributed by atoms with van der Waals surface area (Å²) < 4.78 is 0. The average molecular weight is 266 g/mol. The molecular weight excluding hydrogens is 248 g/mol. The summed E-state index contributed by atoms with van der Waals surface area (Å²) in [5.41, 5.74) is 10.1. The number of anilines is 1. The molecule has 0 saturated carbocycles. The zero-order valence-corrected chi connectivity index (χ0v) is 11.5. The number of carbonyl (C=O) groups excluding carboxylic acids is 1. The molecule has 0 fully saturated rings. The van der Waals surface area contributed by atoms with Crippen molar-refractivity contribution in [2.24, 2.45) is 0 Å². The van der Waals surface area contributed by atoms with E-state index in [0.29, 0.717) is 6.54 Å². The minimum absolute atomic E-state index is 0.0149. The van der Waals surface area contributed by atoms with Crippen LogP contribution in [0.4, 0.5) is 5.69 Å². The lowest BCUT2D eigenvalue weighted by Crippen LogP contribution is -2.36. The highest BCUT2D eigenvalue weighted by molar-refractivity contribution is 5.86. The molecule has 1 unspecified atom stereocenters. The molecular formula is C17H18N2O. The van der Waals surface area contributed by atoms with Crippen molar-refractivity contribution in [3.8, 4) is 0 Å². The van der Waals surface area contributed by atoms with Crippen molar-refractivity contribution >= 4 is 11.6 Å². The van der Waals surface area contributed by atoms with E-state index in [1.807, 2.05) is 49.5 Å². The summed E-state index contributed by atoms with van der Waals surface area (Å²) in [6.07, 6.45) is 0.851. The SMILES string of the molecule is CN(Cc1ccccc1N)C(=O)C1Cc2ccccc21. The van der Waals surface area contributed by atoms with Gasteiger partial charge in [-0.15, -0.1) is 0 Å². The molecule has 1 amide bonds. The Morgan fingerprint density at radius 3 is 2.65 bits per heavy atom. The number of hydrogen-bond acceptors (Lipinski definition) is 2. The molecule has 2 N–H and O–H groups in total. The molecule has 0 spiro atoms. The van der Waals surface area contributed by atoms with E-state index in [-0.39, 0.29) is 11.8 Å². The van der Waals surface area contributed by atoms with Crippen molar-refractivity contribution < 1.29 is 4.79 Å². The predicted octanol–water partition coefficient (Wildman–Crippen LogP) is 2.57. The Labute approximate surface area is 119 Å². The van der Waals surface area contributed by atoms with Crippen LogP contribution in [0.2, 0.25) is 0 Å². The van der Waals surface area contributed by atoms with Crippen LogP contribution in [0.25, 0.3) is 0 Å². The van der Waals surface area contributed by atoms with Gasteiger partial charge in [0.05, 0.1) is 5.92 Å². The summed E-state index contributed by atoms with van der Waals surface area (Å²) in [4.78, 5) is 14.3. The van der Waals surface area contributed by atoms with Gasteiger partial charge in [0.15, 0.2) is 0 Å². The molecule has 0 aliphatic heterocycles. The van der Waals surface area contributed by atoms with Crippen molar-refractivity contribution in [2.75, 3.05) is 12.8 Å². The third-order valence-corrected chi connectivity index (χ3v) is 3.99. The molecule has 0 saturated heterocycles. The van der Waals surface area contributed by atoms with Crippen LogP contribution in [0.5, 0.6) is 0 Å². The van der Waals surface area contributed by atoms with Crippen LogP contribution in [0.3, 0.4) is 0 Å². The number of rotatable bonds is 3. The van der Waals surface area contributed by atoms with Crippen LogP contribution in [0.15, 0.2) is 48.5 Å². The zero-order valence-electron chi connectivity index (χ0n) is 11.5. The van der Waals surface area contributed by atoms with Crippen LogP contribution in [0.1, 0.15) is 22.6 Å². The quantitative estimate of drug-likeness (QED) is 0.868. The van der Waals surface area contributed by atoms with Gasteiger partial charge in [0.2, 0.25) is 5.91 Å². The van der Waals surface area contributed by atoms with Gasteiger partial charge in [0.25, 0.3) is 0 Å². The van der Waals surface area contributed by atoms with Gasteiger partial charge in [-0.05, 0) is 29.2 Å². The van der Waals surface area contributed by atoms with Gasteiger partial charge in [0, 0.05) is 19.3 Å². The predicted molar refractivity (Wildman–Crippen MR) is 80.2 cm³/mol. The summed E-state index contributed by atoms with van der Waals surface area (Å²) in [6.45, 7) is 0.560. The number of hydrogen-bond donors (Lipinski definition) is 1. The molecule has 0 bridgehead atoms. The average Bonchev–Trinajstić information content (AvgIpc) is 2.42. The van der Waals surface area contributed by atoms with Crippen molar-refractivity contribution in [1.82, 2.24) is 4.90 Å². The van der Waals surface area contributed by atoms with E-state index in [1.54, 1.807) is 4.90 Å². The standard InChI is InChI=1S/C17H18N2O/c1-19(11-13-7-3-5-9-16(13)18)17(20)15-10-12-6-2-4-8-14(12)15/h2-9,15H,10-11,18H2,1H3. The summed E-state index contributed by atoms with van der Waals surface area (Å²) in [7, 11) is 1.84. The first-order valence-corrected chi connectivity index (χ1v) is 6.83. The molecule has 0 heterocycles. The van der Waals surface area contributed by atoms with Crippen LogP contribution in [-0.2, 0) is 17.8 Å². The van der Waals surface area contributed by atoms with E-state index in [1.165, 1.54) is 11.1 Å². The van der Waals surface area contributed by atoms with Crippen molar-refractivity contribution in [3.63, 3.8) is 0 Å². The van der Waals surface area contributed by atoms with Crippen LogP contribution in [0, 0.1) is 0 Å². The van der Waals surface area contributed by atoms with Gasteiger partial charge in [-0.3, -0.25) is 4.79 Å². The second-order valence-corrected chi connectivity index (χ2v) is 5.35. The number of fused-ring (bicyclic) bond motifs is 1. The smallest absolute Gasteiger partial charge is 0.230 e. The fourth-order valence-corrected chi connectivity index (χ4v) is 2.76. The Morgan fingerprint density at radius 1 is 1.20 bits per heavy atom. The highest BCUT2D eigenvalue weighted by Crippen LogP contribution is 2.36. The number of likely N-dealkylation sites (N-methyl/N-ethyl adjacent to an activating group) is 1. The molecule has 3 rings (SSSR count). The van der Waals surface area contributed by atoms with Crippen LogP contribution < -0.4 is 5.73 Å². The van der Waals surface area contributed by atoms with Gasteiger partial charge in [0.1, 0.15) is 0 Å². The van der Waals surface area contributed by atoms with Crippen molar-refractivity contribution in [2.45, 2.75) is 18.9 Å². The van der Waals surface area contributed by atoms with Gasteiger partial charge < -0.3 is 10.6 Å². The lowest BCUT2D eigenvalue weighted by atomic mass is 9.77. The first kappa shape index (κ1) is 12.7. The maximum Gasteiger partial charge on any atom is 0.230 e. The number of amides is 1. The molecule has 1 aliphatic carbocycles. The molecule has 1 atom stereocenters. The van der Waals surface area contributed by atoms with Gasteiger partial charge in [-0.25, -0.2) is 0 Å². The Kier molecular flexibility index (Phi) is 3.18. The second kappa shape index (κ2) is 5.00. The third kappa shape index (κ3) is 2.16. The Balaban J connectivity index is 1.72. The van der Waals surface area contributed by atoms with E-state index in [4.69, 9.17) is 5.73 Å². The Bertz CT molecular complexity index is 651. The summed E-state index contributed by atoms with van der Waals surface area (Å²) in [5, 5.41) is 0. The molecule has 3 heteroatoms. The van der Waals surface area contributed by atoms with Crippen LogP contribution >= 0.6 is 0 Å². The van der Waals surface area contributed by atoms with E-state index >= 15 is 0 Å². The largest absolute Gasteiger partial charge is 0.398 e. The first-order chi connectivity index (χ1) is 9.66. The van der Waals surface area contributed by atoms with E-state index < -0.39 is 0 Å². The van der Waals surface area contributed by atoms with E-state index in [9.17, 15) is 4.79 Å². The van der Waals surface area contributed by atoms with Gasteiger partial charge in [-0.1, -0.05) is 42.5 Å². The van der Waals surface area contributed by atoms with Crippen LogP contribution in [-0.4, -0.2) is 17.9 Å². The topological polar surface area (TPSA) is 46.3 Å². The minimum atomic E-state index is 0.0149. The van der Waals surface area contributed by atoms with Crippen molar-refractivity contribution in [3.05, 3.63) is 65.2 Å². The summed E-state index contributed by atoms with van der Waals surface area (Å²) in [5.74, 6) is 0.188. The third-order valence-electron chi connectivity index (χ3n) is 3.99. The maximum absolute atomic E-state index is 12.5. The Hall–Kier alpha value is -2.29. The molecule has 0 aromatic heterocycles. The number of nitrogens with zero attached hydrogens (tertiary/aromatic N) is 1. The number of nitrogens with two attached hydrogens (primary N) is 1. The highest BCUT2D eigenvalue weighted by atomic mass is 16.2. The number of benzene rings is 2. The first-order valence-electron chi connectivity index (χ1n) is 6.83. The fourth-order valence-electron chi connectivity index (χ4n) is 2.76. The maximum atomic E-state index is 12.5. The minimum Gasteiger partial charge on any atom is -0.398 e. The summed E-state index contributed by atoms with van der Waals surface area (Å²) >= 11 is 0. The monoisotopic (exact) mass is 266 g/mol. The second-order valence-electron chi connectivity index (χ2n) is 5.35.